The third kappa shape index (κ3) is 6.23. The van der Waals surface area contributed by atoms with E-state index in [0.29, 0.717) is 24.4 Å². The Labute approximate surface area is 219 Å². The molecule has 3 amide bonds. The molecule has 0 aromatic carbocycles. The van der Waals surface area contributed by atoms with E-state index in [2.05, 4.69) is 29.0 Å². The van der Waals surface area contributed by atoms with Crippen LogP contribution in [0.1, 0.15) is 81.1 Å². The number of aromatic nitrogens is 1. The number of imide groups is 1. The predicted molar refractivity (Wildman–Crippen MR) is 137 cm³/mol. The van der Waals surface area contributed by atoms with Crippen LogP contribution in [0.4, 0.5) is 5.82 Å². The average molecular weight is 517 g/mol. The highest BCUT2D eigenvalue weighted by atomic mass is 16.7. The van der Waals surface area contributed by atoms with Crippen LogP contribution in [0.25, 0.3) is 0 Å². The van der Waals surface area contributed by atoms with Crippen molar-refractivity contribution in [2.24, 2.45) is 5.92 Å². The zero-order valence-corrected chi connectivity index (χ0v) is 22.3. The molecule has 1 aromatic heterocycles. The molecule has 0 aliphatic carbocycles. The number of anilines is 1. The number of pyridine rings is 1. The third-order valence-electron chi connectivity index (χ3n) is 7.46. The molecule has 10 heteroatoms. The first-order chi connectivity index (χ1) is 18.0. The van der Waals surface area contributed by atoms with Gasteiger partial charge in [-0.1, -0.05) is 26.7 Å². The van der Waals surface area contributed by atoms with Gasteiger partial charge in [0, 0.05) is 45.2 Å². The molecule has 204 valence electrons. The zero-order chi connectivity index (χ0) is 26.4. The molecule has 1 N–H and O–H groups in total. The summed E-state index contributed by atoms with van der Waals surface area (Å²) < 4.78 is 17.8. The Hall–Kier alpha value is -2.72. The van der Waals surface area contributed by atoms with Crippen LogP contribution in [-0.4, -0.2) is 73.4 Å². The van der Waals surface area contributed by atoms with E-state index >= 15 is 0 Å². The number of piperidine rings is 2. The Morgan fingerprint density at radius 3 is 2.32 bits per heavy atom. The number of hydrogen-bond donors (Lipinski definition) is 1. The summed E-state index contributed by atoms with van der Waals surface area (Å²) in [5.74, 6) is 0.356. The normalized spacial score (nSPS) is 20.5. The van der Waals surface area contributed by atoms with Crippen molar-refractivity contribution in [1.29, 1.82) is 0 Å². The number of ether oxygens (including phenoxy) is 3. The van der Waals surface area contributed by atoms with Gasteiger partial charge >= 0.3 is 0 Å². The van der Waals surface area contributed by atoms with Gasteiger partial charge in [0.05, 0.1) is 7.11 Å². The molecule has 3 aliphatic rings. The summed E-state index contributed by atoms with van der Waals surface area (Å²) in [6.45, 7) is 7.64. The minimum Gasteiger partial charge on any atom is -0.480 e. The van der Waals surface area contributed by atoms with E-state index in [1.54, 1.807) is 0 Å². The molecule has 0 bridgehead atoms. The Morgan fingerprint density at radius 2 is 1.73 bits per heavy atom. The van der Waals surface area contributed by atoms with Crippen LogP contribution in [0.5, 0.6) is 5.88 Å². The fraction of sp³-hybridized carbons (Fsp3) is 0.704. The summed E-state index contributed by atoms with van der Waals surface area (Å²) in [4.78, 5) is 45.6. The monoisotopic (exact) mass is 516 g/mol. The quantitative estimate of drug-likeness (QED) is 0.256. The molecule has 0 unspecified atom stereocenters. The van der Waals surface area contributed by atoms with Gasteiger partial charge in [0.15, 0.2) is 6.29 Å². The SMILES string of the molecule is CCCCOC(OCCCC)C1CCN(c2cc3c(c(OC)n2)C(=O)N([C@H]2CCC(=O)NC2=O)C3)CC1. The third-order valence-corrected chi connectivity index (χ3v) is 7.46. The molecule has 2 fully saturated rings. The van der Waals surface area contributed by atoms with Crippen molar-refractivity contribution in [3.8, 4) is 5.88 Å². The molecule has 1 aromatic rings. The maximum Gasteiger partial charge on any atom is 0.260 e. The van der Waals surface area contributed by atoms with Gasteiger partial charge in [-0.25, -0.2) is 0 Å². The van der Waals surface area contributed by atoms with E-state index in [9.17, 15) is 14.4 Å². The first kappa shape index (κ1) is 27.3. The van der Waals surface area contributed by atoms with Crippen LogP contribution in [-0.2, 0) is 25.6 Å². The van der Waals surface area contributed by atoms with Crippen LogP contribution in [0.15, 0.2) is 6.07 Å². The molecule has 0 saturated carbocycles. The fourth-order valence-corrected chi connectivity index (χ4v) is 5.26. The van der Waals surface area contributed by atoms with Gasteiger partial charge in [-0.2, -0.15) is 4.98 Å². The standard InChI is InChI=1S/C27H40N4O6/c1-4-6-14-36-27(37-15-7-5-2)18-10-12-30(13-11-18)21-16-19-17-31(20-8-9-22(32)29-24(20)33)26(34)23(19)25(28-21)35-3/h16,18,20,27H,4-15,17H2,1-3H3,(H,29,32,33)/t20-/m0/s1. The Morgan fingerprint density at radius 1 is 1.05 bits per heavy atom. The lowest BCUT2D eigenvalue weighted by Crippen LogP contribution is -2.52. The Bertz CT molecular complexity index is 968. The van der Waals surface area contributed by atoms with Crippen LogP contribution in [0, 0.1) is 5.92 Å². The van der Waals surface area contributed by atoms with Crippen molar-refractivity contribution >= 4 is 23.5 Å². The maximum absolute atomic E-state index is 13.2. The number of nitrogens with one attached hydrogen (secondary N) is 1. The molecule has 0 radical (unpaired) electrons. The summed E-state index contributed by atoms with van der Waals surface area (Å²) >= 11 is 0. The number of amides is 3. The largest absolute Gasteiger partial charge is 0.480 e. The molecular weight excluding hydrogens is 476 g/mol. The summed E-state index contributed by atoms with van der Waals surface area (Å²) in [5.41, 5.74) is 1.20. The van der Waals surface area contributed by atoms with Crippen molar-refractivity contribution in [3.63, 3.8) is 0 Å². The van der Waals surface area contributed by atoms with Crippen molar-refractivity contribution in [2.75, 3.05) is 38.3 Å². The number of unbranched alkanes of at least 4 members (excludes halogenated alkanes) is 2. The van der Waals surface area contributed by atoms with Gasteiger partial charge in [0.2, 0.25) is 17.7 Å². The van der Waals surface area contributed by atoms with Crippen LogP contribution in [0.2, 0.25) is 0 Å². The van der Waals surface area contributed by atoms with Gasteiger partial charge in [-0.05, 0) is 43.7 Å². The highest BCUT2D eigenvalue weighted by molar-refractivity contribution is 6.06. The molecule has 4 heterocycles. The highest BCUT2D eigenvalue weighted by Gasteiger charge is 2.41. The van der Waals surface area contributed by atoms with E-state index in [4.69, 9.17) is 14.2 Å². The zero-order valence-electron chi connectivity index (χ0n) is 22.3. The number of nitrogens with zero attached hydrogens (tertiary/aromatic N) is 3. The second-order valence-electron chi connectivity index (χ2n) is 10.1. The molecule has 37 heavy (non-hydrogen) atoms. The van der Waals surface area contributed by atoms with Gasteiger partial charge in [-0.15, -0.1) is 0 Å². The first-order valence-electron chi connectivity index (χ1n) is 13.7. The number of methoxy groups -OCH3 is 1. The molecule has 2 saturated heterocycles. The smallest absolute Gasteiger partial charge is 0.260 e. The summed E-state index contributed by atoms with van der Waals surface area (Å²) in [6.07, 6.45) is 6.45. The van der Waals surface area contributed by atoms with Gasteiger partial charge in [0.25, 0.3) is 5.91 Å². The highest BCUT2D eigenvalue weighted by Crippen LogP contribution is 2.36. The van der Waals surface area contributed by atoms with E-state index in [1.165, 1.54) is 12.0 Å². The van der Waals surface area contributed by atoms with E-state index in [1.807, 2.05) is 6.07 Å². The molecular formula is C27H40N4O6. The average Bonchev–Trinajstić information content (AvgIpc) is 3.23. The van der Waals surface area contributed by atoms with Crippen LogP contribution >= 0.6 is 0 Å². The second kappa shape index (κ2) is 12.7. The Balaban J connectivity index is 1.43. The number of carbonyl (C=O) groups excluding carboxylic acids is 3. The molecule has 10 nitrogen and oxygen atoms in total. The Kier molecular flexibility index (Phi) is 9.37. The maximum atomic E-state index is 13.2. The molecule has 4 rings (SSSR count). The number of rotatable bonds is 12. The number of carbonyl (C=O) groups is 3. The first-order valence-corrected chi connectivity index (χ1v) is 13.7. The van der Waals surface area contributed by atoms with Gasteiger partial charge < -0.3 is 24.0 Å². The van der Waals surface area contributed by atoms with Gasteiger partial charge in [-0.3, -0.25) is 19.7 Å². The topological polar surface area (TPSA) is 110 Å². The summed E-state index contributed by atoms with van der Waals surface area (Å²) in [6, 6.07) is 1.27. The fourth-order valence-electron chi connectivity index (χ4n) is 5.26. The second-order valence-corrected chi connectivity index (χ2v) is 10.1. The van der Waals surface area contributed by atoms with E-state index in [-0.39, 0.29) is 30.4 Å². The van der Waals surface area contributed by atoms with Crippen LogP contribution in [0.3, 0.4) is 0 Å². The van der Waals surface area contributed by atoms with Crippen LogP contribution < -0.4 is 15.0 Å². The number of fused-ring (bicyclic) bond motifs is 1. The summed E-state index contributed by atoms with van der Waals surface area (Å²) in [5, 5.41) is 2.34. The minimum atomic E-state index is -0.668. The van der Waals surface area contributed by atoms with Crippen molar-refractivity contribution in [3.05, 3.63) is 17.2 Å². The van der Waals surface area contributed by atoms with E-state index < -0.39 is 11.9 Å². The number of hydrogen-bond acceptors (Lipinski definition) is 8. The van der Waals surface area contributed by atoms with Crippen molar-refractivity contribution in [1.82, 2.24) is 15.2 Å². The molecule has 0 spiro atoms. The van der Waals surface area contributed by atoms with Crippen molar-refractivity contribution in [2.45, 2.75) is 84.1 Å². The minimum absolute atomic E-state index is 0.178. The lowest BCUT2D eigenvalue weighted by Gasteiger charge is -2.36. The predicted octanol–water partition coefficient (Wildman–Crippen LogP) is 3.03. The summed E-state index contributed by atoms with van der Waals surface area (Å²) in [7, 11) is 1.51. The van der Waals surface area contributed by atoms with Crippen molar-refractivity contribution < 1.29 is 28.6 Å². The molecule has 3 aliphatic heterocycles. The molecule has 1 atom stereocenters. The lowest BCUT2D eigenvalue weighted by molar-refractivity contribution is -0.177. The van der Waals surface area contributed by atoms with E-state index in [0.717, 1.165) is 76.2 Å². The lowest BCUT2D eigenvalue weighted by atomic mass is 9.96. The van der Waals surface area contributed by atoms with Gasteiger partial charge in [0.1, 0.15) is 17.4 Å².